The lowest BCUT2D eigenvalue weighted by Gasteiger charge is -2.31. The monoisotopic (exact) mass is 456 g/mol. The molecule has 1 aromatic rings. The largest absolute Gasteiger partial charge is 0.376 e. The number of guanidine groups is 1. The Bertz CT molecular complexity index is 585. The number of nitrogens with one attached hydrogen (secondary N) is 2. The maximum Gasteiger partial charge on any atom is 0.192 e. The molecular formula is C19H29IN4O. The zero-order valence-electron chi connectivity index (χ0n) is 15.1. The number of hydrogen-bond donors (Lipinski definition) is 2. The Morgan fingerprint density at radius 2 is 2.20 bits per heavy atom. The summed E-state index contributed by atoms with van der Waals surface area (Å²) in [5, 5.41) is 6.30. The third kappa shape index (κ3) is 8.08. The van der Waals surface area contributed by atoms with Crippen LogP contribution in [0.15, 0.2) is 29.3 Å². The fourth-order valence-corrected chi connectivity index (χ4v) is 2.77. The zero-order valence-corrected chi connectivity index (χ0v) is 17.5. The number of morpholine rings is 1. The maximum absolute atomic E-state index is 5.60. The quantitative estimate of drug-likeness (QED) is 0.298. The molecule has 1 aliphatic heterocycles. The fraction of sp³-hybridized carbons (Fsp3) is 0.526. The van der Waals surface area contributed by atoms with Crippen molar-refractivity contribution < 1.29 is 4.74 Å². The Labute approximate surface area is 168 Å². The van der Waals surface area contributed by atoms with Crippen molar-refractivity contribution in [3.05, 3.63) is 35.4 Å². The molecule has 1 unspecified atom stereocenters. The summed E-state index contributed by atoms with van der Waals surface area (Å²) in [5.41, 5.74) is 2.52. The summed E-state index contributed by atoms with van der Waals surface area (Å²) in [4.78, 5) is 7.03. The molecule has 5 nitrogen and oxygen atoms in total. The number of rotatable bonds is 6. The molecule has 25 heavy (non-hydrogen) atoms. The first-order valence-electron chi connectivity index (χ1n) is 8.58. The highest BCUT2D eigenvalue weighted by Crippen LogP contribution is 2.12. The number of aliphatic imine (C=N–C) groups is 1. The van der Waals surface area contributed by atoms with Gasteiger partial charge < -0.3 is 15.4 Å². The lowest BCUT2D eigenvalue weighted by Crippen LogP contribution is -2.40. The first-order valence-corrected chi connectivity index (χ1v) is 8.58. The number of ether oxygens (including phenoxy) is 1. The Morgan fingerprint density at radius 3 is 2.92 bits per heavy atom. The van der Waals surface area contributed by atoms with Crippen molar-refractivity contribution in [3.63, 3.8) is 0 Å². The van der Waals surface area contributed by atoms with Gasteiger partial charge in [0.1, 0.15) is 0 Å². The lowest BCUT2D eigenvalue weighted by molar-refractivity contribution is -0.0212. The Morgan fingerprint density at radius 1 is 1.40 bits per heavy atom. The van der Waals surface area contributed by atoms with Gasteiger partial charge >= 0.3 is 0 Å². The average Bonchev–Trinajstić information content (AvgIpc) is 2.58. The SMILES string of the molecule is C#CCNC(=NCc1cccc(CN2CCOC(C)C2)c1)NCC.I. The van der Waals surface area contributed by atoms with Crippen molar-refractivity contribution in [1.82, 2.24) is 15.5 Å². The van der Waals surface area contributed by atoms with Gasteiger partial charge in [0, 0.05) is 26.2 Å². The highest BCUT2D eigenvalue weighted by molar-refractivity contribution is 14.0. The van der Waals surface area contributed by atoms with Gasteiger partial charge in [-0.05, 0) is 25.0 Å². The molecule has 1 heterocycles. The van der Waals surface area contributed by atoms with Gasteiger partial charge in [-0.1, -0.05) is 30.2 Å². The van der Waals surface area contributed by atoms with Gasteiger partial charge in [0.2, 0.25) is 0 Å². The molecular weight excluding hydrogens is 427 g/mol. The molecule has 1 aliphatic rings. The molecule has 1 aromatic carbocycles. The van der Waals surface area contributed by atoms with Crippen LogP contribution in [0.2, 0.25) is 0 Å². The summed E-state index contributed by atoms with van der Waals surface area (Å²) in [6.07, 6.45) is 5.61. The van der Waals surface area contributed by atoms with Gasteiger partial charge in [-0.2, -0.15) is 0 Å². The summed E-state index contributed by atoms with van der Waals surface area (Å²) >= 11 is 0. The van der Waals surface area contributed by atoms with Crippen LogP contribution >= 0.6 is 24.0 Å². The van der Waals surface area contributed by atoms with Crippen molar-refractivity contribution in [2.45, 2.75) is 33.0 Å². The predicted molar refractivity (Wildman–Crippen MR) is 114 cm³/mol. The van der Waals surface area contributed by atoms with E-state index in [9.17, 15) is 0 Å². The molecule has 0 aromatic heterocycles. The van der Waals surface area contributed by atoms with Crippen LogP contribution < -0.4 is 10.6 Å². The maximum atomic E-state index is 5.60. The normalized spacial score (nSPS) is 18.1. The molecule has 0 radical (unpaired) electrons. The minimum atomic E-state index is 0. The van der Waals surface area contributed by atoms with Crippen molar-refractivity contribution in [1.29, 1.82) is 0 Å². The molecule has 1 saturated heterocycles. The second kappa shape index (κ2) is 12.1. The fourth-order valence-electron chi connectivity index (χ4n) is 2.77. The summed E-state index contributed by atoms with van der Waals surface area (Å²) in [6.45, 7) is 9.84. The topological polar surface area (TPSA) is 48.9 Å². The minimum Gasteiger partial charge on any atom is -0.376 e. The highest BCUT2D eigenvalue weighted by Gasteiger charge is 2.16. The highest BCUT2D eigenvalue weighted by atomic mass is 127. The summed E-state index contributed by atoms with van der Waals surface area (Å²) < 4.78 is 5.60. The van der Waals surface area contributed by atoms with Crippen molar-refractivity contribution in [2.24, 2.45) is 4.99 Å². The van der Waals surface area contributed by atoms with Crippen molar-refractivity contribution >= 4 is 29.9 Å². The minimum absolute atomic E-state index is 0. The molecule has 0 spiro atoms. The first kappa shape index (κ1) is 21.7. The van der Waals surface area contributed by atoms with Crippen LogP contribution in [0.25, 0.3) is 0 Å². The molecule has 6 heteroatoms. The van der Waals surface area contributed by atoms with Crippen LogP contribution in [0.3, 0.4) is 0 Å². The number of nitrogens with zero attached hydrogens (tertiary/aromatic N) is 2. The van der Waals surface area contributed by atoms with Crippen molar-refractivity contribution in [3.8, 4) is 12.3 Å². The van der Waals surface area contributed by atoms with E-state index in [-0.39, 0.29) is 24.0 Å². The molecule has 1 fully saturated rings. The van der Waals surface area contributed by atoms with E-state index in [0.717, 1.165) is 38.7 Å². The molecule has 2 N–H and O–H groups in total. The zero-order chi connectivity index (χ0) is 17.2. The van der Waals surface area contributed by atoms with Crippen molar-refractivity contribution in [2.75, 3.05) is 32.8 Å². The van der Waals surface area contributed by atoms with Gasteiger partial charge in [0.05, 0.1) is 25.8 Å². The van der Waals surface area contributed by atoms with E-state index in [1.807, 2.05) is 6.92 Å². The summed E-state index contributed by atoms with van der Waals surface area (Å²) in [6, 6.07) is 8.62. The number of benzene rings is 1. The Kier molecular flexibility index (Phi) is 10.5. The van der Waals surface area contributed by atoms with E-state index in [0.29, 0.717) is 19.2 Å². The molecule has 0 bridgehead atoms. The van der Waals surface area contributed by atoms with E-state index < -0.39 is 0 Å². The van der Waals surface area contributed by atoms with Gasteiger partial charge in [-0.3, -0.25) is 4.90 Å². The lowest BCUT2D eigenvalue weighted by atomic mass is 10.1. The second-order valence-corrected chi connectivity index (χ2v) is 5.99. The van der Waals surface area contributed by atoms with Crippen LogP contribution in [0.5, 0.6) is 0 Å². The predicted octanol–water partition coefficient (Wildman–Crippen LogP) is 2.21. The van der Waals surface area contributed by atoms with Crippen LogP contribution in [0.1, 0.15) is 25.0 Å². The van der Waals surface area contributed by atoms with Gasteiger partial charge in [-0.15, -0.1) is 30.4 Å². The van der Waals surface area contributed by atoms with E-state index in [1.54, 1.807) is 0 Å². The average molecular weight is 456 g/mol. The molecule has 0 amide bonds. The summed E-state index contributed by atoms with van der Waals surface area (Å²) in [5.74, 6) is 3.32. The van der Waals surface area contributed by atoms with Gasteiger partial charge in [-0.25, -0.2) is 4.99 Å². The standard InChI is InChI=1S/C19H28N4O.HI/c1-4-9-21-19(20-5-2)22-13-17-7-6-8-18(12-17)15-23-10-11-24-16(3)14-23;/h1,6-8,12,16H,5,9-11,13-15H2,2-3H3,(H2,20,21,22);1H. The first-order chi connectivity index (χ1) is 11.7. The number of hydrogen-bond acceptors (Lipinski definition) is 3. The number of halogens is 1. The Hall–Kier alpha value is -1.30. The van der Waals surface area contributed by atoms with Crippen LogP contribution in [0.4, 0.5) is 0 Å². The smallest absolute Gasteiger partial charge is 0.192 e. The van der Waals surface area contributed by atoms with Crippen LogP contribution in [-0.4, -0.2) is 49.7 Å². The molecule has 0 saturated carbocycles. The van der Waals surface area contributed by atoms with E-state index in [2.05, 4.69) is 57.6 Å². The Balaban J connectivity index is 0.00000312. The second-order valence-electron chi connectivity index (χ2n) is 5.99. The van der Waals surface area contributed by atoms with Gasteiger partial charge in [0.25, 0.3) is 0 Å². The van der Waals surface area contributed by atoms with Gasteiger partial charge in [0.15, 0.2) is 5.96 Å². The molecule has 138 valence electrons. The van der Waals surface area contributed by atoms with Crippen LogP contribution in [-0.2, 0) is 17.8 Å². The molecule has 0 aliphatic carbocycles. The molecule has 2 rings (SSSR count). The summed E-state index contributed by atoms with van der Waals surface area (Å²) in [7, 11) is 0. The third-order valence-electron chi connectivity index (χ3n) is 3.84. The van der Waals surface area contributed by atoms with E-state index in [4.69, 9.17) is 11.2 Å². The van der Waals surface area contributed by atoms with E-state index in [1.165, 1.54) is 11.1 Å². The van der Waals surface area contributed by atoms with E-state index >= 15 is 0 Å². The molecule has 1 atom stereocenters. The van der Waals surface area contributed by atoms with Crippen LogP contribution in [0, 0.1) is 12.3 Å². The third-order valence-corrected chi connectivity index (χ3v) is 3.84. The number of terminal acetylenes is 1.